The van der Waals surface area contributed by atoms with Gasteiger partial charge in [-0.3, -0.25) is 0 Å². The molecule has 1 aliphatic rings. The SMILES string of the molecule is CCC1CCCCC1(OCCN(C)C)c1ccccc1C(C)C.Cl. The minimum absolute atomic E-state index is 0. The van der Waals surface area contributed by atoms with Crippen molar-refractivity contribution < 1.29 is 4.74 Å². The molecule has 2 unspecified atom stereocenters. The molecule has 0 amide bonds. The van der Waals surface area contributed by atoms with Gasteiger partial charge in [-0.2, -0.15) is 0 Å². The Kier molecular flexibility index (Phi) is 8.76. The van der Waals surface area contributed by atoms with E-state index in [0.717, 1.165) is 13.2 Å². The van der Waals surface area contributed by atoms with Crippen LogP contribution in [0.1, 0.15) is 69.9 Å². The summed E-state index contributed by atoms with van der Waals surface area (Å²) in [4.78, 5) is 2.21. The number of benzene rings is 1. The molecular formula is C21H36ClNO. The number of likely N-dealkylation sites (N-methyl/N-ethyl adjacent to an activating group) is 1. The molecule has 0 bridgehead atoms. The zero-order chi connectivity index (χ0) is 16.9. The molecule has 24 heavy (non-hydrogen) atoms. The van der Waals surface area contributed by atoms with Crippen LogP contribution in [0.15, 0.2) is 24.3 Å². The van der Waals surface area contributed by atoms with Crippen molar-refractivity contribution in [2.75, 3.05) is 27.2 Å². The summed E-state index contributed by atoms with van der Waals surface area (Å²) in [5.41, 5.74) is 2.85. The van der Waals surface area contributed by atoms with Crippen LogP contribution in [-0.4, -0.2) is 32.1 Å². The Bertz CT molecular complexity index is 488. The molecule has 0 N–H and O–H groups in total. The third kappa shape index (κ3) is 4.74. The fraction of sp³-hybridized carbons (Fsp3) is 0.714. The van der Waals surface area contributed by atoms with Crippen LogP contribution < -0.4 is 0 Å². The fourth-order valence-electron chi connectivity index (χ4n) is 4.17. The second-order valence-electron chi connectivity index (χ2n) is 7.63. The van der Waals surface area contributed by atoms with E-state index in [1.54, 1.807) is 0 Å². The summed E-state index contributed by atoms with van der Waals surface area (Å²) in [6.07, 6.45) is 6.30. The molecule has 1 aliphatic carbocycles. The lowest BCUT2D eigenvalue weighted by Gasteiger charge is -2.46. The number of ether oxygens (including phenoxy) is 1. The molecule has 0 spiro atoms. The molecule has 0 heterocycles. The van der Waals surface area contributed by atoms with Gasteiger partial charge in [0.15, 0.2) is 0 Å². The third-order valence-electron chi connectivity index (χ3n) is 5.44. The fourth-order valence-corrected chi connectivity index (χ4v) is 4.17. The first-order valence-corrected chi connectivity index (χ1v) is 9.39. The summed E-state index contributed by atoms with van der Waals surface area (Å²) in [5.74, 6) is 1.18. The second kappa shape index (κ2) is 9.79. The van der Waals surface area contributed by atoms with Crippen LogP contribution in [0.5, 0.6) is 0 Å². The van der Waals surface area contributed by atoms with Crippen molar-refractivity contribution in [3.8, 4) is 0 Å². The number of nitrogens with zero attached hydrogens (tertiary/aromatic N) is 1. The lowest BCUT2D eigenvalue weighted by molar-refractivity contribution is -0.119. The molecule has 0 saturated heterocycles. The van der Waals surface area contributed by atoms with Gasteiger partial charge in [0.25, 0.3) is 0 Å². The van der Waals surface area contributed by atoms with E-state index in [2.05, 4.69) is 64.0 Å². The summed E-state index contributed by atoms with van der Waals surface area (Å²) in [6, 6.07) is 9.01. The van der Waals surface area contributed by atoms with Crippen molar-refractivity contribution in [3.63, 3.8) is 0 Å². The first-order chi connectivity index (χ1) is 11.0. The molecule has 0 radical (unpaired) electrons. The Morgan fingerprint density at radius 3 is 2.54 bits per heavy atom. The normalized spacial score (nSPS) is 24.2. The van der Waals surface area contributed by atoms with Crippen LogP contribution >= 0.6 is 12.4 Å². The standard InChI is InChI=1S/C21H35NO.ClH/c1-6-18-11-9-10-14-21(18,23-16-15-22(4)5)20-13-8-7-12-19(20)17(2)3;/h7-8,12-13,17-18H,6,9-11,14-16H2,1-5H3;1H. The van der Waals surface area contributed by atoms with Crippen LogP contribution in [0.3, 0.4) is 0 Å². The van der Waals surface area contributed by atoms with Gasteiger partial charge in [-0.25, -0.2) is 0 Å². The highest BCUT2D eigenvalue weighted by atomic mass is 35.5. The average Bonchev–Trinajstić information content (AvgIpc) is 2.54. The van der Waals surface area contributed by atoms with Gasteiger partial charge >= 0.3 is 0 Å². The summed E-state index contributed by atoms with van der Waals surface area (Å²) in [7, 11) is 4.24. The largest absolute Gasteiger partial charge is 0.369 e. The van der Waals surface area contributed by atoms with Gasteiger partial charge in [0.2, 0.25) is 0 Å². The van der Waals surface area contributed by atoms with E-state index in [1.165, 1.54) is 43.2 Å². The summed E-state index contributed by atoms with van der Waals surface area (Å²) < 4.78 is 6.72. The Morgan fingerprint density at radius 2 is 1.92 bits per heavy atom. The third-order valence-corrected chi connectivity index (χ3v) is 5.44. The molecule has 2 nitrogen and oxygen atoms in total. The van der Waals surface area contributed by atoms with Gasteiger partial charge in [-0.1, -0.05) is 64.3 Å². The van der Waals surface area contributed by atoms with Crippen molar-refractivity contribution in [2.45, 2.75) is 64.4 Å². The first-order valence-electron chi connectivity index (χ1n) is 9.39. The lowest BCUT2D eigenvalue weighted by Crippen LogP contribution is -2.42. The molecule has 2 rings (SSSR count). The molecule has 1 aromatic rings. The second-order valence-corrected chi connectivity index (χ2v) is 7.63. The molecule has 3 heteroatoms. The molecule has 1 saturated carbocycles. The number of halogens is 1. The Labute approximate surface area is 155 Å². The Hall–Kier alpha value is -0.570. The monoisotopic (exact) mass is 353 g/mol. The Balaban J connectivity index is 0.00000288. The predicted octanol–water partition coefficient (Wildman–Crippen LogP) is 5.61. The smallest absolute Gasteiger partial charge is 0.0962 e. The molecule has 1 fully saturated rings. The van der Waals surface area contributed by atoms with E-state index < -0.39 is 0 Å². The summed E-state index contributed by atoms with van der Waals surface area (Å²) in [6.45, 7) is 8.74. The van der Waals surface area contributed by atoms with E-state index in [-0.39, 0.29) is 18.0 Å². The zero-order valence-electron chi connectivity index (χ0n) is 16.2. The van der Waals surface area contributed by atoms with Crippen LogP contribution in [0.4, 0.5) is 0 Å². The first kappa shape index (κ1) is 21.5. The van der Waals surface area contributed by atoms with E-state index in [0.29, 0.717) is 11.8 Å². The van der Waals surface area contributed by atoms with Crippen molar-refractivity contribution in [1.82, 2.24) is 4.90 Å². The highest BCUT2D eigenvalue weighted by Crippen LogP contribution is 2.48. The van der Waals surface area contributed by atoms with Gasteiger partial charge in [0, 0.05) is 6.54 Å². The van der Waals surface area contributed by atoms with Gasteiger partial charge in [-0.05, 0) is 49.9 Å². The summed E-state index contributed by atoms with van der Waals surface area (Å²) >= 11 is 0. The average molecular weight is 354 g/mol. The predicted molar refractivity (Wildman–Crippen MR) is 106 cm³/mol. The van der Waals surface area contributed by atoms with Crippen LogP contribution in [0.25, 0.3) is 0 Å². The minimum atomic E-state index is -0.0795. The van der Waals surface area contributed by atoms with Gasteiger partial charge in [0.05, 0.1) is 12.2 Å². The molecule has 0 aromatic heterocycles. The quantitative estimate of drug-likeness (QED) is 0.632. The van der Waals surface area contributed by atoms with E-state index in [4.69, 9.17) is 4.74 Å². The maximum Gasteiger partial charge on any atom is 0.0962 e. The van der Waals surface area contributed by atoms with Crippen molar-refractivity contribution in [3.05, 3.63) is 35.4 Å². The van der Waals surface area contributed by atoms with Crippen molar-refractivity contribution >= 4 is 12.4 Å². The molecule has 0 aliphatic heterocycles. The minimum Gasteiger partial charge on any atom is -0.369 e. The highest BCUT2D eigenvalue weighted by Gasteiger charge is 2.43. The highest BCUT2D eigenvalue weighted by molar-refractivity contribution is 5.85. The van der Waals surface area contributed by atoms with Gasteiger partial charge in [0.1, 0.15) is 0 Å². The lowest BCUT2D eigenvalue weighted by atomic mass is 9.68. The van der Waals surface area contributed by atoms with Crippen LogP contribution in [0, 0.1) is 5.92 Å². The summed E-state index contributed by atoms with van der Waals surface area (Å²) in [5, 5.41) is 0. The van der Waals surface area contributed by atoms with Crippen LogP contribution in [-0.2, 0) is 10.3 Å². The topological polar surface area (TPSA) is 12.5 Å². The zero-order valence-corrected chi connectivity index (χ0v) is 17.0. The van der Waals surface area contributed by atoms with E-state index >= 15 is 0 Å². The molecule has 138 valence electrons. The maximum atomic E-state index is 6.72. The van der Waals surface area contributed by atoms with E-state index in [9.17, 15) is 0 Å². The number of hydrogen-bond acceptors (Lipinski definition) is 2. The van der Waals surface area contributed by atoms with E-state index in [1.807, 2.05) is 0 Å². The number of rotatable bonds is 7. The van der Waals surface area contributed by atoms with Gasteiger partial charge < -0.3 is 9.64 Å². The molecular weight excluding hydrogens is 318 g/mol. The van der Waals surface area contributed by atoms with Crippen molar-refractivity contribution in [2.24, 2.45) is 5.92 Å². The van der Waals surface area contributed by atoms with Crippen LogP contribution in [0.2, 0.25) is 0 Å². The van der Waals surface area contributed by atoms with Gasteiger partial charge in [-0.15, -0.1) is 12.4 Å². The molecule has 2 atom stereocenters. The Morgan fingerprint density at radius 1 is 1.21 bits per heavy atom. The maximum absolute atomic E-state index is 6.72. The van der Waals surface area contributed by atoms with Crippen molar-refractivity contribution in [1.29, 1.82) is 0 Å². The molecule has 1 aromatic carbocycles. The number of hydrogen-bond donors (Lipinski definition) is 0.